The van der Waals surface area contributed by atoms with Gasteiger partial charge in [0.2, 0.25) is 0 Å². The number of carboxylic acids is 1. The molecule has 0 aromatic heterocycles. The van der Waals surface area contributed by atoms with E-state index in [0.29, 0.717) is 16.8 Å². The average molecular weight is 314 g/mol. The number of carbonyl (C=O) groups is 1. The number of hydrogen-bond acceptors (Lipinski definition) is 5. The summed E-state index contributed by atoms with van der Waals surface area (Å²) in [5.74, 6) is -1.12. The molecule has 0 atom stereocenters. The van der Waals surface area contributed by atoms with Crippen molar-refractivity contribution in [2.75, 3.05) is 5.32 Å². The molecule has 2 rings (SSSR count). The molecule has 2 aromatic rings. The van der Waals surface area contributed by atoms with Gasteiger partial charge in [0, 0.05) is 11.3 Å². The summed E-state index contributed by atoms with van der Waals surface area (Å²) in [6, 6.07) is 18.4. The summed E-state index contributed by atoms with van der Waals surface area (Å²) in [7, 11) is 0. The van der Waals surface area contributed by atoms with E-state index in [1.54, 1.807) is 54.6 Å². The molecule has 6 heteroatoms. The zero-order valence-electron chi connectivity index (χ0n) is 12.3. The predicted octanol–water partition coefficient (Wildman–Crippen LogP) is 3.29. The minimum absolute atomic E-state index is 0.0407. The highest BCUT2D eigenvalue weighted by molar-refractivity contribution is 6.00. The number of nitrogens with zero attached hydrogens (tertiary/aromatic N) is 3. The SMILES string of the molecule is N#CC(C#N)=C(C#N)Nc1cccc(C(=O)O)c1-c1ccccc1. The average Bonchev–Trinajstić information content (AvgIpc) is 2.62. The maximum absolute atomic E-state index is 11.5. The van der Waals surface area contributed by atoms with Crippen LogP contribution in [-0.2, 0) is 0 Å². The standard InChI is InChI=1S/C18H10N4O2/c19-9-13(10-20)16(11-21)22-15-8-4-7-14(18(23)24)17(15)12-5-2-1-3-6-12/h1-8,22H,(H,23,24). The second-order valence-corrected chi connectivity index (χ2v) is 4.61. The van der Waals surface area contributed by atoms with Crippen molar-refractivity contribution in [3.8, 4) is 29.3 Å². The number of aromatic carboxylic acids is 1. The van der Waals surface area contributed by atoms with E-state index in [0.717, 1.165) is 0 Å². The summed E-state index contributed by atoms with van der Waals surface area (Å²) in [4.78, 5) is 11.5. The zero-order valence-corrected chi connectivity index (χ0v) is 12.3. The van der Waals surface area contributed by atoms with Gasteiger partial charge in [0.05, 0.1) is 5.56 Å². The first-order valence-corrected chi connectivity index (χ1v) is 6.75. The lowest BCUT2D eigenvalue weighted by atomic mass is 9.97. The van der Waals surface area contributed by atoms with Crippen LogP contribution in [0, 0.1) is 34.0 Å². The van der Waals surface area contributed by atoms with Crippen LogP contribution >= 0.6 is 0 Å². The van der Waals surface area contributed by atoms with Gasteiger partial charge in [0.15, 0.2) is 5.57 Å². The summed E-state index contributed by atoms with van der Waals surface area (Å²) in [6.07, 6.45) is 0. The molecule has 0 aliphatic rings. The lowest BCUT2D eigenvalue weighted by molar-refractivity contribution is 0.0698. The molecule has 0 saturated heterocycles. The molecule has 0 unspecified atom stereocenters. The first-order chi connectivity index (χ1) is 11.6. The van der Waals surface area contributed by atoms with Crippen LogP contribution in [0.2, 0.25) is 0 Å². The van der Waals surface area contributed by atoms with E-state index in [-0.39, 0.29) is 16.8 Å². The van der Waals surface area contributed by atoms with Crippen LogP contribution in [0.5, 0.6) is 0 Å². The molecule has 0 saturated carbocycles. The number of benzene rings is 2. The molecule has 0 spiro atoms. The molecule has 24 heavy (non-hydrogen) atoms. The van der Waals surface area contributed by atoms with Crippen LogP contribution in [0.4, 0.5) is 5.69 Å². The monoisotopic (exact) mass is 314 g/mol. The molecule has 2 aromatic carbocycles. The van der Waals surface area contributed by atoms with Crippen molar-refractivity contribution in [2.45, 2.75) is 0 Å². The number of nitriles is 3. The van der Waals surface area contributed by atoms with Gasteiger partial charge in [0.25, 0.3) is 0 Å². The van der Waals surface area contributed by atoms with Crippen LogP contribution in [-0.4, -0.2) is 11.1 Å². The molecule has 0 bridgehead atoms. The van der Waals surface area contributed by atoms with Crippen LogP contribution in [0.3, 0.4) is 0 Å². The van der Waals surface area contributed by atoms with Crippen LogP contribution in [0.15, 0.2) is 59.8 Å². The fourth-order valence-electron chi connectivity index (χ4n) is 2.17. The number of allylic oxidation sites excluding steroid dienone is 2. The third-order valence-electron chi connectivity index (χ3n) is 3.20. The van der Waals surface area contributed by atoms with Gasteiger partial charge in [-0.05, 0) is 17.7 Å². The number of anilines is 1. The van der Waals surface area contributed by atoms with Crippen molar-refractivity contribution in [1.29, 1.82) is 15.8 Å². The minimum Gasteiger partial charge on any atom is -0.478 e. The maximum atomic E-state index is 11.5. The Morgan fingerprint density at radius 1 is 0.917 bits per heavy atom. The third kappa shape index (κ3) is 3.22. The van der Waals surface area contributed by atoms with Crippen molar-refractivity contribution in [1.82, 2.24) is 0 Å². The Balaban J connectivity index is 2.69. The number of carboxylic acid groups (broad SMARTS) is 1. The van der Waals surface area contributed by atoms with E-state index in [1.165, 1.54) is 12.1 Å². The van der Waals surface area contributed by atoms with Crippen LogP contribution < -0.4 is 5.32 Å². The quantitative estimate of drug-likeness (QED) is 0.835. The highest BCUT2D eigenvalue weighted by atomic mass is 16.4. The van der Waals surface area contributed by atoms with Crippen molar-refractivity contribution in [2.24, 2.45) is 0 Å². The molecule has 0 amide bonds. The van der Waals surface area contributed by atoms with E-state index >= 15 is 0 Å². The highest BCUT2D eigenvalue weighted by Crippen LogP contribution is 2.32. The summed E-state index contributed by atoms with van der Waals surface area (Å²) < 4.78 is 0. The summed E-state index contributed by atoms with van der Waals surface area (Å²) in [5, 5.41) is 39.1. The summed E-state index contributed by atoms with van der Waals surface area (Å²) in [5.41, 5.74) is 0.746. The first kappa shape index (κ1) is 16.3. The van der Waals surface area contributed by atoms with Gasteiger partial charge >= 0.3 is 5.97 Å². The molecule has 0 aliphatic carbocycles. The van der Waals surface area contributed by atoms with Gasteiger partial charge in [-0.2, -0.15) is 15.8 Å². The Hall–Kier alpha value is -4.08. The topological polar surface area (TPSA) is 121 Å². The van der Waals surface area contributed by atoms with Crippen molar-refractivity contribution in [3.05, 3.63) is 65.4 Å². The second kappa shape index (κ2) is 7.26. The Morgan fingerprint density at radius 3 is 2.12 bits per heavy atom. The van der Waals surface area contributed by atoms with Gasteiger partial charge in [-0.1, -0.05) is 36.4 Å². The molecule has 6 nitrogen and oxygen atoms in total. The molecule has 0 heterocycles. The highest BCUT2D eigenvalue weighted by Gasteiger charge is 2.17. The number of nitrogens with one attached hydrogen (secondary N) is 1. The normalized spacial score (nSPS) is 9.04. The van der Waals surface area contributed by atoms with E-state index < -0.39 is 5.97 Å². The molecule has 0 radical (unpaired) electrons. The van der Waals surface area contributed by atoms with Crippen molar-refractivity contribution < 1.29 is 9.90 Å². The maximum Gasteiger partial charge on any atom is 0.336 e. The smallest absolute Gasteiger partial charge is 0.336 e. The van der Waals surface area contributed by atoms with Gasteiger partial charge in [-0.15, -0.1) is 0 Å². The molecule has 114 valence electrons. The van der Waals surface area contributed by atoms with Crippen LogP contribution in [0.25, 0.3) is 11.1 Å². The Kier molecular flexibility index (Phi) is 4.93. The Bertz CT molecular complexity index is 926. The minimum atomic E-state index is -1.12. The summed E-state index contributed by atoms with van der Waals surface area (Å²) >= 11 is 0. The number of hydrogen-bond donors (Lipinski definition) is 2. The predicted molar refractivity (Wildman–Crippen MR) is 86.3 cm³/mol. The Morgan fingerprint density at radius 2 is 1.58 bits per heavy atom. The molecule has 2 N–H and O–H groups in total. The fraction of sp³-hybridized carbons (Fsp3) is 0. The molecule has 0 aliphatic heterocycles. The third-order valence-corrected chi connectivity index (χ3v) is 3.20. The van der Waals surface area contributed by atoms with E-state index in [1.807, 2.05) is 0 Å². The summed E-state index contributed by atoms with van der Waals surface area (Å²) in [6.45, 7) is 0. The van der Waals surface area contributed by atoms with Crippen molar-refractivity contribution in [3.63, 3.8) is 0 Å². The lowest BCUT2D eigenvalue weighted by Gasteiger charge is -2.14. The number of rotatable bonds is 4. The van der Waals surface area contributed by atoms with Gasteiger partial charge in [-0.3, -0.25) is 0 Å². The van der Waals surface area contributed by atoms with Gasteiger partial charge in [-0.25, -0.2) is 4.79 Å². The Labute approximate surface area is 138 Å². The lowest BCUT2D eigenvalue weighted by Crippen LogP contribution is -2.06. The van der Waals surface area contributed by atoms with E-state index in [9.17, 15) is 15.2 Å². The largest absolute Gasteiger partial charge is 0.478 e. The molecule has 0 fully saturated rings. The van der Waals surface area contributed by atoms with Gasteiger partial charge in [0.1, 0.15) is 23.9 Å². The second-order valence-electron chi connectivity index (χ2n) is 4.61. The van der Waals surface area contributed by atoms with Crippen molar-refractivity contribution >= 4 is 11.7 Å². The van der Waals surface area contributed by atoms with E-state index in [4.69, 9.17) is 10.5 Å². The fourth-order valence-corrected chi connectivity index (χ4v) is 2.17. The van der Waals surface area contributed by atoms with E-state index in [2.05, 4.69) is 5.32 Å². The first-order valence-electron chi connectivity index (χ1n) is 6.75. The zero-order chi connectivity index (χ0) is 17.5. The molecular formula is C18H10N4O2. The van der Waals surface area contributed by atoms with Crippen LogP contribution in [0.1, 0.15) is 10.4 Å². The van der Waals surface area contributed by atoms with Gasteiger partial charge < -0.3 is 10.4 Å². The molecular weight excluding hydrogens is 304 g/mol.